The normalized spacial score (nSPS) is 14.7. The van der Waals surface area contributed by atoms with Gasteiger partial charge in [0.05, 0.1) is 0 Å². The van der Waals surface area contributed by atoms with Crippen molar-refractivity contribution in [3.8, 4) is 0 Å². The number of carboxylic acid groups (broad SMARTS) is 1. The van der Waals surface area contributed by atoms with E-state index in [2.05, 4.69) is 6.58 Å². The Balaban J connectivity index is 0.000000255. The van der Waals surface area contributed by atoms with E-state index in [4.69, 9.17) is 5.11 Å². The van der Waals surface area contributed by atoms with E-state index in [1.54, 1.807) is 0 Å². The van der Waals surface area contributed by atoms with Crippen LogP contribution in [0.2, 0.25) is 0 Å². The van der Waals surface area contributed by atoms with Crippen LogP contribution in [0.4, 0.5) is 0 Å². The van der Waals surface area contributed by atoms with E-state index in [1.165, 1.54) is 6.92 Å². The van der Waals surface area contributed by atoms with Crippen molar-refractivity contribution in [3.63, 3.8) is 0 Å². The number of carbonyl (C=O) groups is 2. The van der Waals surface area contributed by atoms with Crippen LogP contribution in [0.1, 0.15) is 26.7 Å². The standard InChI is InChI=1S/C6H11NO.C4H6O2/c1-2-7-5-3-4-6(7)8;1-3(2)4(5)6/h2-5H2,1H3;1H2,2H3,(H,5,6). The molecule has 1 aliphatic heterocycles. The number of nitrogens with zero attached hydrogens (tertiary/aromatic N) is 1. The van der Waals surface area contributed by atoms with Crippen LogP contribution < -0.4 is 0 Å². The largest absolute Gasteiger partial charge is 0.478 e. The lowest BCUT2D eigenvalue weighted by Crippen LogP contribution is -2.23. The maximum absolute atomic E-state index is 10.7. The van der Waals surface area contributed by atoms with E-state index in [9.17, 15) is 9.59 Å². The maximum Gasteiger partial charge on any atom is 0.330 e. The number of amides is 1. The second kappa shape index (κ2) is 6.18. The van der Waals surface area contributed by atoms with Crippen LogP contribution in [-0.2, 0) is 9.59 Å². The molecule has 0 atom stereocenters. The smallest absolute Gasteiger partial charge is 0.330 e. The lowest BCUT2D eigenvalue weighted by Gasteiger charge is -2.10. The Labute approximate surface area is 84.2 Å². The summed E-state index contributed by atoms with van der Waals surface area (Å²) in [7, 11) is 0. The van der Waals surface area contributed by atoms with E-state index in [1.807, 2.05) is 11.8 Å². The third-order valence-electron chi connectivity index (χ3n) is 1.92. The molecule has 0 radical (unpaired) electrons. The van der Waals surface area contributed by atoms with Crippen molar-refractivity contribution in [2.75, 3.05) is 13.1 Å². The molecule has 0 aliphatic carbocycles. The minimum absolute atomic E-state index is 0.176. The molecule has 4 heteroatoms. The molecule has 1 rings (SSSR count). The number of likely N-dealkylation sites (tertiary alicyclic amines) is 1. The van der Waals surface area contributed by atoms with Crippen LogP contribution in [-0.4, -0.2) is 35.0 Å². The second-order valence-electron chi connectivity index (χ2n) is 3.16. The highest BCUT2D eigenvalue weighted by Gasteiger charge is 2.16. The Kier molecular flexibility index (Phi) is 5.60. The zero-order valence-electron chi connectivity index (χ0n) is 8.75. The molecule has 14 heavy (non-hydrogen) atoms. The van der Waals surface area contributed by atoms with E-state index in [0.29, 0.717) is 5.91 Å². The van der Waals surface area contributed by atoms with E-state index >= 15 is 0 Å². The second-order valence-corrected chi connectivity index (χ2v) is 3.16. The summed E-state index contributed by atoms with van der Waals surface area (Å²) in [5.41, 5.74) is 0.176. The Morgan fingerprint density at radius 1 is 1.64 bits per heavy atom. The van der Waals surface area contributed by atoms with Crippen molar-refractivity contribution in [3.05, 3.63) is 12.2 Å². The summed E-state index contributed by atoms with van der Waals surface area (Å²) in [4.78, 5) is 22.2. The van der Waals surface area contributed by atoms with Gasteiger partial charge < -0.3 is 10.0 Å². The molecule has 1 fully saturated rings. The Hall–Kier alpha value is -1.32. The van der Waals surface area contributed by atoms with E-state index in [0.717, 1.165) is 25.9 Å². The van der Waals surface area contributed by atoms with Crippen LogP contribution in [0.25, 0.3) is 0 Å². The SMILES string of the molecule is C=C(C)C(=O)O.CCN1CCCC1=O. The first-order valence-corrected chi connectivity index (χ1v) is 4.65. The van der Waals surface area contributed by atoms with Gasteiger partial charge in [0.2, 0.25) is 5.91 Å². The van der Waals surface area contributed by atoms with Crippen molar-refractivity contribution < 1.29 is 14.7 Å². The van der Waals surface area contributed by atoms with Gasteiger partial charge in [-0.25, -0.2) is 4.79 Å². The molecule has 0 aromatic heterocycles. The topological polar surface area (TPSA) is 57.6 Å². The third kappa shape index (κ3) is 4.64. The molecule has 0 bridgehead atoms. The zero-order valence-corrected chi connectivity index (χ0v) is 8.75. The van der Waals surface area contributed by atoms with Gasteiger partial charge in [0.15, 0.2) is 0 Å². The molecule has 4 nitrogen and oxygen atoms in total. The van der Waals surface area contributed by atoms with Gasteiger partial charge in [-0.1, -0.05) is 6.58 Å². The first-order valence-electron chi connectivity index (χ1n) is 4.65. The van der Waals surface area contributed by atoms with Crippen molar-refractivity contribution in [2.24, 2.45) is 0 Å². The highest BCUT2D eigenvalue weighted by Crippen LogP contribution is 2.07. The molecule has 1 amide bonds. The first kappa shape index (κ1) is 12.7. The number of rotatable bonds is 2. The van der Waals surface area contributed by atoms with Gasteiger partial charge in [0.1, 0.15) is 0 Å². The van der Waals surface area contributed by atoms with Crippen molar-refractivity contribution >= 4 is 11.9 Å². The minimum Gasteiger partial charge on any atom is -0.478 e. The van der Waals surface area contributed by atoms with Gasteiger partial charge in [-0.3, -0.25) is 4.79 Å². The Morgan fingerprint density at radius 2 is 2.14 bits per heavy atom. The lowest BCUT2D eigenvalue weighted by atomic mass is 10.4. The van der Waals surface area contributed by atoms with Gasteiger partial charge in [0.25, 0.3) is 0 Å². The Bertz CT molecular complexity index is 224. The summed E-state index contributed by atoms with van der Waals surface area (Å²) in [5.74, 6) is -0.609. The molecule has 1 N–H and O–H groups in total. The molecule has 1 aliphatic rings. The van der Waals surface area contributed by atoms with Gasteiger partial charge in [-0.15, -0.1) is 0 Å². The molecular weight excluding hydrogens is 182 g/mol. The average Bonchev–Trinajstić information content (AvgIpc) is 2.51. The zero-order chi connectivity index (χ0) is 11.1. The first-order chi connectivity index (χ1) is 6.49. The summed E-state index contributed by atoms with van der Waals surface area (Å²) in [6.45, 7) is 8.49. The van der Waals surface area contributed by atoms with Gasteiger partial charge in [-0.05, 0) is 20.3 Å². The van der Waals surface area contributed by atoms with Gasteiger partial charge in [-0.2, -0.15) is 0 Å². The fourth-order valence-electron chi connectivity index (χ4n) is 1.04. The predicted octanol–water partition coefficient (Wildman–Crippen LogP) is 1.28. The number of carboxylic acids is 1. The Morgan fingerprint density at radius 3 is 2.29 bits per heavy atom. The fourth-order valence-corrected chi connectivity index (χ4v) is 1.04. The summed E-state index contributed by atoms with van der Waals surface area (Å²) >= 11 is 0. The number of carbonyl (C=O) groups excluding carboxylic acids is 1. The van der Waals surface area contributed by atoms with Crippen molar-refractivity contribution in [1.82, 2.24) is 4.90 Å². The molecule has 0 saturated carbocycles. The van der Waals surface area contributed by atoms with Crippen LogP contribution in [0, 0.1) is 0 Å². The fraction of sp³-hybridized carbons (Fsp3) is 0.600. The van der Waals surface area contributed by atoms with Gasteiger partial charge >= 0.3 is 5.97 Å². The van der Waals surface area contributed by atoms with E-state index in [-0.39, 0.29) is 5.57 Å². The molecule has 0 aromatic carbocycles. The number of hydrogen-bond acceptors (Lipinski definition) is 2. The molecular formula is C10H17NO3. The van der Waals surface area contributed by atoms with Crippen LogP contribution >= 0.6 is 0 Å². The quantitative estimate of drug-likeness (QED) is 0.681. The third-order valence-corrected chi connectivity index (χ3v) is 1.92. The lowest BCUT2D eigenvalue weighted by molar-refractivity contribution is -0.132. The molecule has 0 aromatic rings. The van der Waals surface area contributed by atoms with Crippen LogP contribution in [0.15, 0.2) is 12.2 Å². The summed E-state index contributed by atoms with van der Waals surface area (Å²) < 4.78 is 0. The van der Waals surface area contributed by atoms with Crippen molar-refractivity contribution in [1.29, 1.82) is 0 Å². The minimum atomic E-state index is -0.935. The van der Waals surface area contributed by atoms with Crippen LogP contribution in [0.3, 0.4) is 0 Å². The molecule has 0 spiro atoms. The molecule has 80 valence electrons. The van der Waals surface area contributed by atoms with E-state index < -0.39 is 5.97 Å². The highest BCUT2D eigenvalue weighted by molar-refractivity contribution is 5.84. The highest BCUT2D eigenvalue weighted by atomic mass is 16.4. The van der Waals surface area contributed by atoms with Gasteiger partial charge in [0, 0.05) is 25.1 Å². The summed E-state index contributed by atoms with van der Waals surface area (Å²) in [6.07, 6.45) is 1.83. The van der Waals surface area contributed by atoms with Crippen LogP contribution in [0.5, 0.6) is 0 Å². The average molecular weight is 199 g/mol. The maximum atomic E-state index is 10.7. The molecule has 1 saturated heterocycles. The monoisotopic (exact) mass is 199 g/mol. The summed E-state index contributed by atoms with van der Waals surface area (Å²) in [5, 5.41) is 7.89. The number of hydrogen-bond donors (Lipinski definition) is 1. The van der Waals surface area contributed by atoms with Crippen molar-refractivity contribution in [2.45, 2.75) is 26.7 Å². The summed E-state index contributed by atoms with van der Waals surface area (Å²) in [6, 6.07) is 0. The predicted molar refractivity (Wildman–Crippen MR) is 53.9 cm³/mol. The number of aliphatic carboxylic acids is 1. The molecule has 0 unspecified atom stereocenters. The molecule has 1 heterocycles.